The lowest BCUT2D eigenvalue weighted by Crippen LogP contribution is -2.68. The number of likely N-dealkylation sites (N-methyl/N-ethyl adjacent to an activating group) is 1. The number of β-lactam (4-membered cyclic amide) rings is 1. The van der Waals surface area contributed by atoms with Gasteiger partial charge in [-0.2, -0.15) is 0 Å². The Kier molecular flexibility index (Phi) is 1.86. The predicted octanol–water partition coefficient (Wildman–Crippen LogP) is 0.735. The fraction of sp³-hybridized carbons (Fsp3) is 0.364. The molecule has 0 spiro atoms. The second-order valence-corrected chi connectivity index (χ2v) is 3.72. The molecule has 14 heavy (non-hydrogen) atoms. The molecule has 3 heteroatoms. The van der Waals surface area contributed by atoms with Crippen molar-refractivity contribution in [3.05, 3.63) is 35.9 Å². The first-order chi connectivity index (χ1) is 6.58. The number of aliphatic hydroxyl groups is 1. The molecule has 0 saturated carbocycles. The molecule has 1 aliphatic rings. The van der Waals surface area contributed by atoms with Gasteiger partial charge in [0, 0.05) is 7.05 Å². The van der Waals surface area contributed by atoms with Gasteiger partial charge in [0.05, 0.1) is 6.04 Å². The van der Waals surface area contributed by atoms with Crippen LogP contribution in [0.25, 0.3) is 0 Å². The smallest absolute Gasteiger partial charge is 0.261 e. The number of nitrogens with zero attached hydrogens (tertiary/aromatic N) is 1. The van der Waals surface area contributed by atoms with E-state index in [0.29, 0.717) is 5.56 Å². The maximum atomic E-state index is 11.6. The lowest BCUT2D eigenvalue weighted by atomic mass is 9.78. The van der Waals surface area contributed by atoms with E-state index in [9.17, 15) is 9.90 Å². The third-order valence-corrected chi connectivity index (χ3v) is 3.05. The first-order valence-corrected chi connectivity index (χ1v) is 4.63. The van der Waals surface area contributed by atoms with Gasteiger partial charge in [-0.15, -0.1) is 0 Å². The summed E-state index contributed by atoms with van der Waals surface area (Å²) in [6, 6.07) is 8.92. The molecule has 2 atom stereocenters. The highest BCUT2D eigenvalue weighted by Gasteiger charge is 2.56. The summed E-state index contributed by atoms with van der Waals surface area (Å²) in [6.07, 6.45) is 0. The van der Waals surface area contributed by atoms with E-state index in [2.05, 4.69) is 0 Å². The van der Waals surface area contributed by atoms with Crippen molar-refractivity contribution < 1.29 is 9.90 Å². The second kappa shape index (κ2) is 2.82. The van der Waals surface area contributed by atoms with E-state index in [1.807, 2.05) is 25.1 Å². The Labute approximate surface area is 83.0 Å². The number of likely N-dealkylation sites (tertiary alicyclic amines) is 1. The molecule has 1 heterocycles. The Morgan fingerprint density at radius 2 is 1.93 bits per heavy atom. The maximum absolute atomic E-state index is 11.6. The molecule has 0 unspecified atom stereocenters. The Morgan fingerprint density at radius 3 is 2.43 bits per heavy atom. The average Bonchev–Trinajstić information content (AvgIpc) is 2.27. The summed E-state index contributed by atoms with van der Waals surface area (Å²) in [5.41, 5.74) is -0.633. The molecule has 0 aromatic heterocycles. The van der Waals surface area contributed by atoms with E-state index in [4.69, 9.17) is 0 Å². The predicted molar refractivity (Wildman–Crippen MR) is 52.6 cm³/mol. The highest BCUT2D eigenvalue weighted by Crippen LogP contribution is 2.38. The Balaban J connectivity index is 2.40. The van der Waals surface area contributed by atoms with Crippen LogP contribution in [0.2, 0.25) is 0 Å². The van der Waals surface area contributed by atoms with E-state index in [1.165, 1.54) is 0 Å². The Morgan fingerprint density at radius 1 is 1.36 bits per heavy atom. The first kappa shape index (κ1) is 9.21. The zero-order valence-electron chi connectivity index (χ0n) is 8.27. The molecule has 0 aliphatic carbocycles. The SMILES string of the molecule is C[C@H]1N(C)C(=O)[C@]1(O)c1ccccc1. The summed E-state index contributed by atoms with van der Waals surface area (Å²) in [7, 11) is 1.70. The van der Waals surface area contributed by atoms with Crippen LogP contribution >= 0.6 is 0 Å². The van der Waals surface area contributed by atoms with Gasteiger partial charge in [-0.3, -0.25) is 4.79 Å². The number of carbonyl (C=O) groups is 1. The molecule has 0 bridgehead atoms. The van der Waals surface area contributed by atoms with Crippen molar-refractivity contribution in [1.82, 2.24) is 4.90 Å². The summed E-state index contributed by atoms with van der Waals surface area (Å²) in [6.45, 7) is 1.84. The highest BCUT2D eigenvalue weighted by molar-refractivity contribution is 5.93. The van der Waals surface area contributed by atoms with Gasteiger partial charge in [-0.05, 0) is 12.5 Å². The number of hydrogen-bond acceptors (Lipinski definition) is 2. The summed E-state index contributed by atoms with van der Waals surface area (Å²) >= 11 is 0. The number of hydrogen-bond donors (Lipinski definition) is 1. The minimum absolute atomic E-state index is 0.155. The van der Waals surface area contributed by atoms with Gasteiger partial charge >= 0.3 is 0 Å². The van der Waals surface area contributed by atoms with Crippen LogP contribution in [0.5, 0.6) is 0 Å². The zero-order valence-corrected chi connectivity index (χ0v) is 8.27. The van der Waals surface area contributed by atoms with Crippen molar-refractivity contribution in [2.45, 2.75) is 18.6 Å². The lowest BCUT2D eigenvalue weighted by Gasteiger charge is -2.49. The van der Waals surface area contributed by atoms with Crippen LogP contribution in [0.1, 0.15) is 12.5 Å². The van der Waals surface area contributed by atoms with Crippen molar-refractivity contribution in [2.75, 3.05) is 7.05 Å². The minimum Gasteiger partial charge on any atom is -0.374 e. The van der Waals surface area contributed by atoms with Crippen LogP contribution in [0.3, 0.4) is 0 Å². The molecule has 0 radical (unpaired) electrons. The average molecular weight is 191 g/mol. The third-order valence-electron chi connectivity index (χ3n) is 3.05. The fourth-order valence-corrected chi connectivity index (χ4v) is 1.89. The van der Waals surface area contributed by atoms with Gasteiger partial charge in [-0.1, -0.05) is 30.3 Å². The van der Waals surface area contributed by atoms with Crippen molar-refractivity contribution in [1.29, 1.82) is 0 Å². The van der Waals surface area contributed by atoms with Gasteiger partial charge in [0.1, 0.15) is 0 Å². The molecule has 1 N–H and O–H groups in total. The molecular formula is C11H13NO2. The first-order valence-electron chi connectivity index (χ1n) is 4.63. The van der Waals surface area contributed by atoms with Crippen LogP contribution < -0.4 is 0 Å². The summed E-state index contributed by atoms with van der Waals surface area (Å²) in [4.78, 5) is 13.1. The topological polar surface area (TPSA) is 40.5 Å². The molecule has 3 nitrogen and oxygen atoms in total. The molecule has 1 saturated heterocycles. The normalized spacial score (nSPS) is 31.5. The molecule has 1 aromatic carbocycles. The van der Waals surface area contributed by atoms with Gasteiger partial charge < -0.3 is 10.0 Å². The molecule has 1 aliphatic heterocycles. The Bertz CT molecular complexity index is 363. The monoisotopic (exact) mass is 191 g/mol. The van der Waals surface area contributed by atoms with Crippen LogP contribution in [0.4, 0.5) is 0 Å². The van der Waals surface area contributed by atoms with Gasteiger partial charge in [-0.25, -0.2) is 0 Å². The largest absolute Gasteiger partial charge is 0.374 e. The second-order valence-electron chi connectivity index (χ2n) is 3.72. The van der Waals surface area contributed by atoms with Crippen molar-refractivity contribution in [3.8, 4) is 0 Å². The lowest BCUT2D eigenvalue weighted by molar-refractivity contribution is -0.188. The quantitative estimate of drug-likeness (QED) is 0.665. The fourth-order valence-electron chi connectivity index (χ4n) is 1.89. The van der Waals surface area contributed by atoms with Crippen LogP contribution in [0.15, 0.2) is 30.3 Å². The van der Waals surface area contributed by atoms with Crippen LogP contribution in [0, 0.1) is 0 Å². The Hall–Kier alpha value is -1.35. The number of amides is 1. The van der Waals surface area contributed by atoms with Crippen molar-refractivity contribution in [2.24, 2.45) is 0 Å². The molecular weight excluding hydrogens is 178 g/mol. The summed E-state index contributed by atoms with van der Waals surface area (Å²) in [5.74, 6) is -0.226. The van der Waals surface area contributed by atoms with Crippen molar-refractivity contribution in [3.63, 3.8) is 0 Å². The van der Waals surface area contributed by atoms with Crippen molar-refractivity contribution >= 4 is 5.91 Å². The van der Waals surface area contributed by atoms with Crippen LogP contribution in [-0.4, -0.2) is 29.0 Å². The maximum Gasteiger partial charge on any atom is 0.261 e. The number of benzene rings is 1. The van der Waals surface area contributed by atoms with E-state index >= 15 is 0 Å². The summed E-state index contributed by atoms with van der Waals surface area (Å²) in [5, 5.41) is 10.2. The zero-order chi connectivity index (χ0) is 10.3. The molecule has 1 amide bonds. The van der Waals surface area contributed by atoms with E-state index in [1.54, 1.807) is 24.1 Å². The molecule has 1 fully saturated rings. The third kappa shape index (κ3) is 0.930. The van der Waals surface area contributed by atoms with Gasteiger partial charge in [0.15, 0.2) is 5.60 Å². The number of carbonyl (C=O) groups excluding carboxylic acids is 1. The standard InChI is InChI=1S/C11H13NO2/c1-8-11(14,10(13)12(8)2)9-6-4-3-5-7-9/h3-8,14H,1-2H3/t8-,11-/m1/s1. The van der Waals surface area contributed by atoms with Gasteiger partial charge in [0.2, 0.25) is 0 Å². The van der Waals surface area contributed by atoms with E-state index in [0.717, 1.165) is 0 Å². The summed E-state index contributed by atoms with van der Waals surface area (Å²) < 4.78 is 0. The highest BCUT2D eigenvalue weighted by atomic mass is 16.3. The van der Waals surface area contributed by atoms with Gasteiger partial charge in [0.25, 0.3) is 5.91 Å². The van der Waals surface area contributed by atoms with E-state index in [-0.39, 0.29) is 11.9 Å². The van der Waals surface area contributed by atoms with Crippen LogP contribution in [-0.2, 0) is 10.4 Å². The number of rotatable bonds is 1. The minimum atomic E-state index is -1.31. The molecule has 2 rings (SSSR count). The molecule has 1 aromatic rings. The molecule has 74 valence electrons. The van der Waals surface area contributed by atoms with E-state index < -0.39 is 5.60 Å².